The Balaban J connectivity index is 2.53. The molecule has 0 spiro atoms. The highest BCUT2D eigenvalue weighted by molar-refractivity contribution is 5.67. The summed E-state index contributed by atoms with van der Waals surface area (Å²) in [4.78, 5) is 13.0. The number of carbonyl (C=O) groups is 1. The summed E-state index contributed by atoms with van der Waals surface area (Å²) in [5.41, 5.74) is 0. The van der Waals surface area contributed by atoms with Gasteiger partial charge in [0.15, 0.2) is 0 Å². The topological polar surface area (TPSA) is 70.0 Å². The summed E-state index contributed by atoms with van der Waals surface area (Å²) in [6.07, 6.45) is 2.22. The molecule has 15 heavy (non-hydrogen) atoms. The fraction of sp³-hybridized carbons (Fsp3) is 0.900. The Morgan fingerprint density at radius 1 is 1.60 bits per heavy atom. The van der Waals surface area contributed by atoms with Gasteiger partial charge < -0.3 is 19.8 Å². The van der Waals surface area contributed by atoms with Gasteiger partial charge in [0.2, 0.25) is 0 Å². The molecular weight excluding hydrogens is 198 g/mol. The van der Waals surface area contributed by atoms with Crippen LogP contribution in [0, 0.1) is 0 Å². The van der Waals surface area contributed by atoms with Gasteiger partial charge in [0, 0.05) is 12.6 Å². The quantitative estimate of drug-likeness (QED) is 0.715. The van der Waals surface area contributed by atoms with Gasteiger partial charge in [-0.3, -0.25) is 0 Å². The maximum Gasteiger partial charge on any atom is 0.409 e. The minimum absolute atomic E-state index is 0.00616. The van der Waals surface area contributed by atoms with Crippen molar-refractivity contribution < 1.29 is 19.7 Å². The lowest BCUT2D eigenvalue weighted by Gasteiger charge is -2.35. The lowest BCUT2D eigenvalue weighted by Crippen LogP contribution is -2.45. The van der Waals surface area contributed by atoms with Crippen LogP contribution in [0.15, 0.2) is 0 Å². The molecule has 2 unspecified atom stereocenters. The Morgan fingerprint density at radius 3 is 2.93 bits per heavy atom. The van der Waals surface area contributed by atoms with Crippen LogP contribution in [0.3, 0.4) is 0 Å². The van der Waals surface area contributed by atoms with Crippen molar-refractivity contribution in [3.8, 4) is 0 Å². The summed E-state index contributed by atoms with van der Waals surface area (Å²) in [5, 5.41) is 18.1. The predicted molar refractivity (Wildman–Crippen MR) is 54.5 cm³/mol. The Kier molecular flexibility index (Phi) is 4.84. The van der Waals surface area contributed by atoms with Gasteiger partial charge in [-0.25, -0.2) is 4.79 Å². The third-order valence-electron chi connectivity index (χ3n) is 2.79. The molecule has 2 N–H and O–H groups in total. The Bertz CT molecular complexity index is 210. The van der Waals surface area contributed by atoms with Crippen LogP contribution in [0.2, 0.25) is 0 Å². The summed E-state index contributed by atoms with van der Waals surface area (Å²) in [7, 11) is 1.36. The van der Waals surface area contributed by atoms with Gasteiger partial charge >= 0.3 is 6.09 Å². The molecule has 1 heterocycles. The van der Waals surface area contributed by atoms with E-state index in [1.807, 2.05) is 0 Å². The summed E-state index contributed by atoms with van der Waals surface area (Å²) >= 11 is 0. The van der Waals surface area contributed by atoms with Crippen LogP contribution in [0.1, 0.15) is 25.7 Å². The number of aliphatic hydroxyl groups excluding tert-OH is 2. The summed E-state index contributed by atoms with van der Waals surface area (Å²) in [5.74, 6) is 0. The highest BCUT2D eigenvalue weighted by atomic mass is 16.5. The van der Waals surface area contributed by atoms with Crippen LogP contribution in [0.4, 0.5) is 4.79 Å². The molecule has 0 aliphatic carbocycles. The van der Waals surface area contributed by atoms with Crippen molar-refractivity contribution in [2.45, 2.75) is 37.8 Å². The Labute approximate surface area is 89.6 Å². The van der Waals surface area contributed by atoms with Crippen molar-refractivity contribution in [1.29, 1.82) is 0 Å². The van der Waals surface area contributed by atoms with Crippen molar-refractivity contribution in [3.05, 3.63) is 0 Å². The molecule has 1 aliphatic rings. The van der Waals surface area contributed by atoms with Gasteiger partial charge in [0.05, 0.1) is 19.8 Å². The summed E-state index contributed by atoms with van der Waals surface area (Å²) < 4.78 is 4.68. The number of methoxy groups -OCH3 is 1. The molecule has 0 saturated carbocycles. The fourth-order valence-corrected chi connectivity index (χ4v) is 1.99. The molecule has 1 saturated heterocycles. The molecule has 1 rings (SSSR count). The molecule has 5 nitrogen and oxygen atoms in total. The number of hydrogen-bond acceptors (Lipinski definition) is 4. The van der Waals surface area contributed by atoms with Crippen LogP contribution >= 0.6 is 0 Å². The van der Waals surface area contributed by atoms with Gasteiger partial charge in [0.1, 0.15) is 0 Å². The van der Waals surface area contributed by atoms with E-state index in [2.05, 4.69) is 4.74 Å². The van der Waals surface area contributed by atoms with Crippen molar-refractivity contribution in [1.82, 2.24) is 4.90 Å². The van der Waals surface area contributed by atoms with Crippen molar-refractivity contribution in [3.63, 3.8) is 0 Å². The van der Waals surface area contributed by atoms with Gasteiger partial charge in [-0.15, -0.1) is 0 Å². The van der Waals surface area contributed by atoms with E-state index in [4.69, 9.17) is 5.11 Å². The molecule has 1 amide bonds. The van der Waals surface area contributed by atoms with Crippen LogP contribution in [-0.4, -0.2) is 53.6 Å². The number of nitrogens with zero attached hydrogens (tertiary/aromatic N) is 1. The van der Waals surface area contributed by atoms with E-state index in [9.17, 15) is 9.90 Å². The number of hydrogen-bond donors (Lipinski definition) is 2. The number of amides is 1. The average molecular weight is 217 g/mol. The molecule has 1 fully saturated rings. The van der Waals surface area contributed by atoms with E-state index in [1.165, 1.54) is 7.11 Å². The highest BCUT2D eigenvalue weighted by Gasteiger charge is 2.28. The van der Waals surface area contributed by atoms with Crippen molar-refractivity contribution in [2.24, 2.45) is 0 Å². The van der Waals surface area contributed by atoms with Gasteiger partial charge in [-0.2, -0.15) is 0 Å². The van der Waals surface area contributed by atoms with Crippen LogP contribution in [-0.2, 0) is 4.74 Å². The van der Waals surface area contributed by atoms with Gasteiger partial charge in [-0.1, -0.05) is 0 Å². The molecule has 0 aromatic heterocycles. The monoisotopic (exact) mass is 217 g/mol. The number of likely N-dealkylation sites (tertiary alicyclic amines) is 1. The minimum atomic E-state index is -0.750. The van der Waals surface area contributed by atoms with Gasteiger partial charge in [0.25, 0.3) is 0 Å². The Morgan fingerprint density at radius 2 is 2.33 bits per heavy atom. The first-order valence-electron chi connectivity index (χ1n) is 5.32. The van der Waals surface area contributed by atoms with E-state index >= 15 is 0 Å². The smallest absolute Gasteiger partial charge is 0.409 e. The number of ether oxygens (including phenoxy) is 1. The lowest BCUT2D eigenvalue weighted by molar-refractivity contribution is 0.0395. The second-order valence-corrected chi connectivity index (χ2v) is 3.89. The molecule has 0 bridgehead atoms. The van der Waals surface area contributed by atoms with E-state index in [0.29, 0.717) is 13.0 Å². The molecule has 0 radical (unpaired) electrons. The highest BCUT2D eigenvalue weighted by Crippen LogP contribution is 2.21. The van der Waals surface area contributed by atoms with Crippen LogP contribution in [0.5, 0.6) is 0 Å². The number of carbonyl (C=O) groups excluding carboxylic acids is 1. The molecule has 5 heteroatoms. The van der Waals surface area contributed by atoms with E-state index < -0.39 is 6.10 Å². The first kappa shape index (κ1) is 12.3. The molecule has 88 valence electrons. The van der Waals surface area contributed by atoms with Crippen LogP contribution in [0.25, 0.3) is 0 Å². The van der Waals surface area contributed by atoms with E-state index in [1.54, 1.807) is 4.90 Å². The molecule has 0 aromatic carbocycles. The van der Waals surface area contributed by atoms with Crippen molar-refractivity contribution >= 4 is 6.09 Å². The van der Waals surface area contributed by atoms with Gasteiger partial charge in [-0.05, 0) is 25.7 Å². The summed E-state index contributed by atoms with van der Waals surface area (Å²) in [6, 6.07) is -0.00616. The third kappa shape index (κ3) is 3.35. The fourth-order valence-electron chi connectivity index (χ4n) is 1.99. The SMILES string of the molecule is COC(=O)N1CCCCC1CC(O)CO. The standard InChI is InChI=1S/C10H19NO4/c1-15-10(14)11-5-3-2-4-8(11)6-9(13)7-12/h8-9,12-13H,2-7H2,1H3. The number of rotatable bonds is 3. The average Bonchev–Trinajstić information content (AvgIpc) is 2.28. The van der Waals surface area contributed by atoms with E-state index in [0.717, 1.165) is 19.3 Å². The first-order chi connectivity index (χ1) is 7.19. The zero-order valence-electron chi connectivity index (χ0n) is 9.06. The van der Waals surface area contributed by atoms with Crippen molar-refractivity contribution in [2.75, 3.05) is 20.3 Å². The number of piperidine rings is 1. The minimum Gasteiger partial charge on any atom is -0.453 e. The lowest BCUT2D eigenvalue weighted by atomic mass is 9.97. The first-order valence-corrected chi connectivity index (χ1v) is 5.32. The third-order valence-corrected chi connectivity index (χ3v) is 2.79. The maximum absolute atomic E-state index is 11.4. The molecule has 0 aromatic rings. The second-order valence-electron chi connectivity index (χ2n) is 3.89. The summed E-state index contributed by atoms with van der Waals surface area (Å²) in [6.45, 7) is 0.418. The number of aliphatic hydroxyl groups is 2. The van der Waals surface area contributed by atoms with Crippen LogP contribution < -0.4 is 0 Å². The maximum atomic E-state index is 11.4. The zero-order chi connectivity index (χ0) is 11.3. The molecular formula is C10H19NO4. The largest absolute Gasteiger partial charge is 0.453 e. The normalized spacial score (nSPS) is 23.7. The predicted octanol–water partition coefficient (Wildman–Crippen LogP) is 0.351. The Hall–Kier alpha value is -0.810. The molecule has 2 atom stereocenters. The second kappa shape index (κ2) is 5.92. The van der Waals surface area contributed by atoms with E-state index in [-0.39, 0.29) is 18.7 Å². The molecule has 1 aliphatic heterocycles. The zero-order valence-corrected chi connectivity index (χ0v) is 9.06.